The average molecular weight is 311 g/mol. The quantitative estimate of drug-likeness (QED) is 0.560. The Hall–Kier alpha value is -0.810. The van der Waals surface area contributed by atoms with Crippen molar-refractivity contribution in [3.05, 3.63) is 0 Å². The smallest absolute Gasteiger partial charge is 0.191 e. The average Bonchev–Trinajstić information content (AvgIpc) is 3.16. The lowest BCUT2D eigenvalue weighted by molar-refractivity contribution is 0.0242. The molecule has 0 amide bonds. The van der Waals surface area contributed by atoms with Crippen molar-refractivity contribution in [3.8, 4) is 0 Å². The summed E-state index contributed by atoms with van der Waals surface area (Å²) < 4.78 is 11.1. The maximum absolute atomic E-state index is 5.82. The second-order valence-electron chi connectivity index (χ2n) is 7.13. The Kier molecular flexibility index (Phi) is 6.50. The van der Waals surface area contributed by atoms with Gasteiger partial charge in [0.25, 0.3) is 0 Å². The van der Waals surface area contributed by atoms with E-state index in [2.05, 4.69) is 22.5 Å². The monoisotopic (exact) mass is 311 g/mol. The zero-order valence-electron chi connectivity index (χ0n) is 14.5. The number of hydrogen-bond acceptors (Lipinski definition) is 3. The lowest BCUT2D eigenvalue weighted by atomic mass is 9.83. The van der Waals surface area contributed by atoms with Crippen LogP contribution in [-0.4, -0.2) is 52.0 Å². The van der Waals surface area contributed by atoms with Crippen LogP contribution in [0, 0.1) is 5.41 Å². The first-order valence-electron chi connectivity index (χ1n) is 8.69. The van der Waals surface area contributed by atoms with Crippen molar-refractivity contribution in [3.63, 3.8) is 0 Å². The Labute approximate surface area is 135 Å². The molecule has 22 heavy (non-hydrogen) atoms. The summed E-state index contributed by atoms with van der Waals surface area (Å²) in [6.45, 7) is 5.70. The molecule has 5 heteroatoms. The summed E-state index contributed by atoms with van der Waals surface area (Å²) in [7, 11) is 3.63. The van der Waals surface area contributed by atoms with Gasteiger partial charge in [-0.15, -0.1) is 0 Å². The van der Waals surface area contributed by atoms with Crippen molar-refractivity contribution in [1.82, 2.24) is 10.6 Å². The second kappa shape index (κ2) is 8.16. The molecule has 1 aliphatic carbocycles. The SMILES string of the molecule is CN=C(NCC1(CCOC)CCCC1)NCC1(C)CCCO1. The van der Waals surface area contributed by atoms with Crippen LogP contribution in [0.5, 0.6) is 0 Å². The highest BCUT2D eigenvalue weighted by Crippen LogP contribution is 2.40. The number of hydrogen-bond donors (Lipinski definition) is 2. The first-order valence-corrected chi connectivity index (χ1v) is 8.69. The molecule has 0 aromatic carbocycles. The van der Waals surface area contributed by atoms with Gasteiger partial charge < -0.3 is 20.1 Å². The van der Waals surface area contributed by atoms with E-state index in [9.17, 15) is 0 Å². The molecule has 1 unspecified atom stereocenters. The van der Waals surface area contributed by atoms with Crippen LogP contribution >= 0.6 is 0 Å². The van der Waals surface area contributed by atoms with Crippen LogP contribution in [0.4, 0.5) is 0 Å². The zero-order chi connectivity index (χ0) is 15.9. The molecule has 0 aromatic heterocycles. The third-order valence-corrected chi connectivity index (χ3v) is 5.29. The summed E-state index contributed by atoms with van der Waals surface area (Å²) in [5.74, 6) is 0.889. The third kappa shape index (κ3) is 4.85. The first kappa shape index (κ1) is 17.5. The van der Waals surface area contributed by atoms with Crippen molar-refractivity contribution in [1.29, 1.82) is 0 Å². The van der Waals surface area contributed by atoms with Crippen molar-refractivity contribution in [2.45, 2.75) is 57.5 Å². The van der Waals surface area contributed by atoms with Gasteiger partial charge in [-0.05, 0) is 44.4 Å². The van der Waals surface area contributed by atoms with Crippen LogP contribution in [0.3, 0.4) is 0 Å². The summed E-state index contributed by atoms with van der Waals surface area (Å²) in [4.78, 5) is 4.36. The molecule has 1 saturated carbocycles. The van der Waals surface area contributed by atoms with Crippen molar-refractivity contribution >= 4 is 5.96 Å². The molecule has 0 spiro atoms. The Morgan fingerprint density at radius 3 is 2.45 bits per heavy atom. The van der Waals surface area contributed by atoms with Crippen LogP contribution in [-0.2, 0) is 9.47 Å². The number of rotatable bonds is 7. The molecule has 0 bridgehead atoms. The molecule has 2 rings (SSSR count). The van der Waals surface area contributed by atoms with Gasteiger partial charge in [0.05, 0.1) is 5.60 Å². The van der Waals surface area contributed by atoms with E-state index in [4.69, 9.17) is 9.47 Å². The highest BCUT2D eigenvalue weighted by molar-refractivity contribution is 5.79. The van der Waals surface area contributed by atoms with Crippen LogP contribution in [0.2, 0.25) is 0 Å². The van der Waals surface area contributed by atoms with Gasteiger partial charge in [0.2, 0.25) is 0 Å². The minimum atomic E-state index is -0.0429. The molecule has 5 nitrogen and oxygen atoms in total. The van der Waals surface area contributed by atoms with Crippen molar-refractivity contribution in [2.24, 2.45) is 10.4 Å². The molecule has 2 fully saturated rings. The lowest BCUT2D eigenvalue weighted by Gasteiger charge is -2.31. The highest BCUT2D eigenvalue weighted by atomic mass is 16.5. The van der Waals surface area contributed by atoms with Crippen LogP contribution in [0.15, 0.2) is 4.99 Å². The van der Waals surface area contributed by atoms with Gasteiger partial charge in [0, 0.05) is 40.5 Å². The van der Waals surface area contributed by atoms with Crippen molar-refractivity contribution in [2.75, 3.05) is 40.5 Å². The molecule has 0 aromatic rings. The van der Waals surface area contributed by atoms with Gasteiger partial charge >= 0.3 is 0 Å². The predicted octanol–water partition coefficient (Wildman–Crippen LogP) is 2.32. The molecule has 0 radical (unpaired) electrons. The molecule has 2 N–H and O–H groups in total. The number of aliphatic imine (C=N–C) groups is 1. The van der Waals surface area contributed by atoms with E-state index in [-0.39, 0.29) is 5.60 Å². The van der Waals surface area contributed by atoms with Crippen LogP contribution in [0.1, 0.15) is 51.9 Å². The molecule has 1 saturated heterocycles. The van der Waals surface area contributed by atoms with Gasteiger partial charge in [-0.2, -0.15) is 0 Å². The number of ether oxygens (including phenoxy) is 2. The predicted molar refractivity (Wildman–Crippen MR) is 90.3 cm³/mol. The van der Waals surface area contributed by atoms with E-state index in [1.54, 1.807) is 7.11 Å². The number of methoxy groups -OCH3 is 1. The van der Waals surface area contributed by atoms with Gasteiger partial charge in [-0.25, -0.2) is 0 Å². The van der Waals surface area contributed by atoms with E-state index >= 15 is 0 Å². The Morgan fingerprint density at radius 1 is 1.14 bits per heavy atom. The molecule has 1 heterocycles. The van der Waals surface area contributed by atoms with E-state index < -0.39 is 0 Å². The fourth-order valence-electron chi connectivity index (χ4n) is 3.70. The second-order valence-corrected chi connectivity index (χ2v) is 7.13. The van der Waals surface area contributed by atoms with E-state index in [0.717, 1.165) is 51.5 Å². The molecule has 128 valence electrons. The summed E-state index contributed by atoms with van der Waals surface area (Å²) in [5.41, 5.74) is 0.333. The third-order valence-electron chi connectivity index (χ3n) is 5.29. The fraction of sp³-hybridized carbons (Fsp3) is 0.941. The van der Waals surface area contributed by atoms with Crippen molar-refractivity contribution < 1.29 is 9.47 Å². The van der Waals surface area contributed by atoms with Gasteiger partial charge in [-0.1, -0.05) is 12.8 Å². The van der Waals surface area contributed by atoms with Gasteiger partial charge in [0.15, 0.2) is 5.96 Å². The standard InChI is InChI=1S/C17H33N3O2/c1-16(7-6-11-22-16)13-19-15(18-2)20-14-17(10-12-21-3)8-4-5-9-17/h4-14H2,1-3H3,(H2,18,19,20). The first-order chi connectivity index (χ1) is 10.6. The summed E-state index contributed by atoms with van der Waals surface area (Å²) >= 11 is 0. The molecular weight excluding hydrogens is 278 g/mol. The maximum Gasteiger partial charge on any atom is 0.191 e. The van der Waals surface area contributed by atoms with E-state index in [1.165, 1.54) is 25.7 Å². The van der Waals surface area contributed by atoms with E-state index in [0.29, 0.717) is 5.41 Å². The minimum absolute atomic E-state index is 0.0429. The zero-order valence-corrected chi connectivity index (χ0v) is 14.5. The van der Waals surface area contributed by atoms with E-state index in [1.807, 2.05) is 7.05 Å². The Morgan fingerprint density at radius 2 is 1.86 bits per heavy atom. The number of nitrogens with zero attached hydrogens (tertiary/aromatic N) is 1. The summed E-state index contributed by atoms with van der Waals surface area (Å²) in [5, 5.41) is 6.96. The molecule has 1 aliphatic heterocycles. The maximum atomic E-state index is 5.82. The molecular formula is C17H33N3O2. The summed E-state index contributed by atoms with van der Waals surface area (Å²) in [6.07, 6.45) is 8.67. The minimum Gasteiger partial charge on any atom is -0.385 e. The topological polar surface area (TPSA) is 54.9 Å². The number of nitrogens with one attached hydrogen (secondary N) is 2. The Bertz CT molecular complexity index is 359. The van der Waals surface area contributed by atoms with Crippen LogP contribution in [0.25, 0.3) is 0 Å². The fourth-order valence-corrected chi connectivity index (χ4v) is 3.70. The molecule has 1 atom stereocenters. The molecule has 2 aliphatic rings. The number of guanidine groups is 1. The van der Waals surface area contributed by atoms with Gasteiger partial charge in [0.1, 0.15) is 0 Å². The largest absolute Gasteiger partial charge is 0.385 e. The summed E-state index contributed by atoms with van der Waals surface area (Å²) in [6, 6.07) is 0. The normalized spacial score (nSPS) is 28.0. The van der Waals surface area contributed by atoms with Crippen LogP contribution < -0.4 is 10.6 Å². The van der Waals surface area contributed by atoms with Gasteiger partial charge in [-0.3, -0.25) is 4.99 Å². The highest BCUT2D eigenvalue weighted by Gasteiger charge is 2.34. The Balaban J connectivity index is 1.79. The lowest BCUT2D eigenvalue weighted by Crippen LogP contribution is -2.48.